The summed E-state index contributed by atoms with van der Waals surface area (Å²) >= 11 is 0. The Kier molecular flexibility index (Phi) is 5.88. The van der Waals surface area contributed by atoms with Crippen LogP contribution in [0.15, 0.2) is 77.7 Å². The predicted molar refractivity (Wildman–Crippen MR) is 117 cm³/mol. The maximum Gasteiger partial charge on any atom is 0.307 e. The second-order valence-corrected chi connectivity index (χ2v) is 9.82. The molecule has 0 saturated carbocycles. The lowest BCUT2D eigenvalue weighted by molar-refractivity contribution is -0.144. The molecule has 0 aliphatic carbocycles. The molecular formula is C24H25NO4S. The third-order valence-electron chi connectivity index (χ3n) is 6.04. The molecule has 5 nitrogen and oxygen atoms in total. The van der Waals surface area contributed by atoms with E-state index >= 15 is 0 Å². The van der Waals surface area contributed by atoms with Crippen molar-refractivity contribution in [2.75, 3.05) is 13.1 Å². The minimum absolute atomic E-state index is 0.0363. The van der Waals surface area contributed by atoms with Crippen LogP contribution < -0.4 is 0 Å². The number of aliphatic carboxylic acids is 1. The number of sulfonamides is 1. The number of fused-ring (bicyclic) bond motifs is 1. The van der Waals surface area contributed by atoms with Gasteiger partial charge in [0.1, 0.15) is 0 Å². The lowest BCUT2D eigenvalue weighted by Crippen LogP contribution is -2.41. The Labute approximate surface area is 177 Å². The van der Waals surface area contributed by atoms with Gasteiger partial charge in [0.25, 0.3) is 0 Å². The molecule has 1 aliphatic rings. The van der Waals surface area contributed by atoms with Gasteiger partial charge >= 0.3 is 5.97 Å². The zero-order valence-electron chi connectivity index (χ0n) is 16.6. The van der Waals surface area contributed by atoms with Crippen molar-refractivity contribution >= 4 is 26.8 Å². The molecule has 0 spiro atoms. The number of hydrogen-bond acceptors (Lipinski definition) is 3. The highest BCUT2D eigenvalue weighted by molar-refractivity contribution is 7.89. The first kappa shape index (κ1) is 20.6. The fourth-order valence-electron chi connectivity index (χ4n) is 4.32. The highest BCUT2D eigenvalue weighted by Crippen LogP contribution is 2.31. The van der Waals surface area contributed by atoms with E-state index in [1.54, 1.807) is 12.1 Å². The normalized spacial score (nSPS) is 17.1. The lowest BCUT2D eigenvalue weighted by atomic mass is 9.81. The van der Waals surface area contributed by atoms with Crippen LogP contribution in [0.25, 0.3) is 10.8 Å². The van der Waals surface area contributed by atoms with Gasteiger partial charge in [0.15, 0.2) is 0 Å². The van der Waals surface area contributed by atoms with E-state index in [9.17, 15) is 18.3 Å². The molecule has 1 saturated heterocycles. The number of nitrogens with zero attached hydrogens (tertiary/aromatic N) is 1. The second-order valence-electron chi connectivity index (χ2n) is 7.88. The smallest absolute Gasteiger partial charge is 0.307 e. The number of hydrogen-bond donors (Lipinski definition) is 1. The molecule has 156 valence electrons. The van der Waals surface area contributed by atoms with Crippen LogP contribution in [-0.4, -0.2) is 36.9 Å². The Morgan fingerprint density at radius 2 is 1.57 bits per heavy atom. The van der Waals surface area contributed by atoms with Crippen molar-refractivity contribution in [3.05, 3.63) is 78.4 Å². The predicted octanol–water partition coefficient (Wildman–Crippen LogP) is 4.18. The number of carbonyl (C=O) groups is 1. The molecule has 3 aromatic rings. The minimum Gasteiger partial charge on any atom is -0.481 e. The second kappa shape index (κ2) is 8.58. The molecule has 30 heavy (non-hydrogen) atoms. The van der Waals surface area contributed by atoms with Gasteiger partial charge in [-0.05, 0) is 53.6 Å². The summed E-state index contributed by atoms with van der Waals surface area (Å²) in [7, 11) is -3.60. The van der Waals surface area contributed by atoms with Gasteiger partial charge in [0, 0.05) is 13.1 Å². The molecule has 6 heteroatoms. The summed E-state index contributed by atoms with van der Waals surface area (Å²) in [5, 5.41) is 11.7. The van der Waals surface area contributed by atoms with Crippen molar-refractivity contribution < 1.29 is 18.3 Å². The van der Waals surface area contributed by atoms with E-state index in [4.69, 9.17) is 0 Å². The van der Waals surface area contributed by atoms with Gasteiger partial charge in [-0.3, -0.25) is 4.79 Å². The largest absolute Gasteiger partial charge is 0.481 e. The van der Waals surface area contributed by atoms with Crippen molar-refractivity contribution in [3.8, 4) is 0 Å². The summed E-state index contributed by atoms with van der Waals surface area (Å²) in [6, 6.07) is 22.5. The molecule has 0 aromatic heterocycles. The Morgan fingerprint density at radius 3 is 2.23 bits per heavy atom. The first-order valence-electron chi connectivity index (χ1n) is 10.2. The van der Waals surface area contributed by atoms with E-state index in [-0.39, 0.29) is 5.92 Å². The van der Waals surface area contributed by atoms with Gasteiger partial charge in [-0.2, -0.15) is 4.31 Å². The van der Waals surface area contributed by atoms with Gasteiger partial charge in [-0.1, -0.05) is 60.7 Å². The van der Waals surface area contributed by atoms with Gasteiger partial charge in [0.2, 0.25) is 10.0 Å². The molecule has 1 heterocycles. The average Bonchev–Trinajstić information content (AvgIpc) is 2.78. The summed E-state index contributed by atoms with van der Waals surface area (Å²) in [6.45, 7) is 0.691. The van der Waals surface area contributed by atoms with Gasteiger partial charge in [-0.25, -0.2) is 8.42 Å². The molecule has 0 bridgehead atoms. The molecule has 0 radical (unpaired) electrons. The Bertz CT molecular complexity index is 1140. The molecule has 1 atom stereocenters. The van der Waals surface area contributed by atoms with Crippen LogP contribution in [0.3, 0.4) is 0 Å². The molecule has 0 amide bonds. The standard InChI is InChI=1S/C24H25NO4S/c26-24(27)23(16-18-6-2-1-3-7-18)20-12-14-25(15-13-20)30(28,29)22-11-10-19-8-4-5-9-21(19)17-22/h1-11,17,20,23H,12-16H2,(H,26,27). The third kappa shape index (κ3) is 4.25. The van der Waals surface area contributed by atoms with E-state index in [1.807, 2.05) is 60.7 Å². The number of rotatable bonds is 6. The van der Waals surface area contributed by atoms with Crippen molar-refractivity contribution in [1.29, 1.82) is 0 Å². The Morgan fingerprint density at radius 1 is 0.933 bits per heavy atom. The van der Waals surface area contributed by atoms with Gasteiger partial charge in [-0.15, -0.1) is 0 Å². The molecule has 1 fully saturated rings. The number of carboxylic acids is 1. The zero-order valence-corrected chi connectivity index (χ0v) is 17.5. The maximum absolute atomic E-state index is 13.1. The summed E-state index contributed by atoms with van der Waals surface area (Å²) in [6.07, 6.45) is 1.57. The van der Waals surface area contributed by atoms with E-state index in [0.717, 1.165) is 16.3 Å². The minimum atomic E-state index is -3.60. The van der Waals surface area contributed by atoms with Crippen LogP contribution in [-0.2, 0) is 21.2 Å². The quantitative estimate of drug-likeness (QED) is 0.645. The van der Waals surface area contributed by atoms with Gasteiger partial charge < -0.3 is 5.11 Å². The molecule has 4 rings (SSSR count). The summed E-state index contributed by atoms with van der Waals surface area (Å²) < 4.78 is 27.8. The maximum atomic E-state index is 13.1. The fraction of sp³-hybridized carbons (Fsp3) is 0.292. The fourth-order valence-corrected chi connectivity index (χ4v) is 5.82. The van der Waals surface area contributed by atoms with Crippen LogP contribution in [0.1, 0.15) is 18.4 Å². The molecular weight excluding hydrogens is 398 g/mol. The summed E-state index contributed by atoms with van der Waals surface area (Å²) in [4.78, 5) is 12.2. The topological polar surface area (TPSA) is 74.7 Å². The van der Waals surface area contributed by atoms with Crippen LogP contribution in [0.2, 0.25) is 0 Å². The van der Waals surface area contributed by atoms with Crippen molar-refractivity contribution in [1.82, 2.24) is 4.31 Å². The highest BCUT2D eigenvalue weighted by Gasteiger charge is 2.35. The van der Waals surface area contributed by atoms with Crippen LogP contribution >= 0.6 is 0 Å². The van der Waals surface area contributed by atoms with E-state index < -0.39 is 21.9 Å². The highest BCUT2D eigenvalue weighted by atomic mass is 32.2. The summed E-state index contributed by atoms with van der Waals surface area (Å²) in [5.74, 6) is -1.35. The first-order chi connectivity index (χ1) is 14.4. The summed E-state index contributed by atoms with van der Waals surface area (Å²) in [5.41, 5.74) is 0.996. The zero-order chi connectivity index (χ0) is 21.1. The van der Waals surface area contributed by atoms with Gasteiger partial charge in [0.05, 0.1) is 10.8 Å². The van der Waals surface area contributed by atoms with Crippen LogP contribution in [0.4, 0.5) is 0 Å². The van der Waals surface area contributed by atoms with Crippen molar-refractivity contribution in [2.24, 2.45) is 11.8 Å². The number of benzene rings is 3. The van der Waals surface area contributed by atoms with E-state index in [1.165, 1.54) is 4.31 Å². The Balaban J connectivity index is 1.47. The number of piperidine rings is 1. The van der Waals surface area contributed by atoms with Crippen molar-refractivity contribution in [3.63, 3.8) is 0 Å². The molecule has 1 N–H and O–H groups in total. The molecule has 1 unspecified atom stereocenters. The van der Waals surface area contributed by atoms with Crippen LogP contribution in [0, 0.1) is 11.8 Å². The number of carboxylic acid groups (broad SMARTS) is 1. The Hall–Kier alpha value is -2.70. The van der Waals surface area contributed by atoms with E-state index in [2.05, 4.69) is 0 Å². The average molecular weight is 424 g/mol. The molecule has 3 aromatic carbocycles. The molecule has 1 aliphatic heterocycles. The van der Waals surface area contributed by atoms with Crippen molar-refractivity contribution in [2.45, 2.75) is 24.2 Å². The lowest BCUT2D eigenvalue weighted by Gasteiger charge is -2.34. The third-order valence-corrected chi connectivity index (χ3v) is 7.94. The van der Waals surface area contributed by atoms with Crippen LogP contribution in [0.5, 0.6) is 0 Å². The monoisotopic (exact) mass is 423 g/mol. The first-order valence-corrected chi connectivity index (χ1v) is 11.6. The SMILES string of the molecule is O=C(O)C(Cc1ccccc1)C1CCN(S(=O)(=O)c2ccc3ccccc3c2)CC1. The van der Waals surface area contributed by atoms with E-state index in [0.29, 0.717) is 37.2 Å².